The topological polar surface area (TPSA) is 185 Å². The number of carbonyl (C=O) groups is 4. The third-order valence-electron chi connectivity index (χ3n) is 14.9. The van der Waals surface area contributed by atoms with Crippen molar-refractivity contribution in [1.82, 2.24) is 43.5 Å². The van der Waals surface area contributed by atoms with Crippen LogP contribution in [0.3, 0.4) is 0 Å². The number of benzene rings is 2. The number of rotatable bonds is 16. The number of aromatic nitrogens is 8. The zero-order valence-electron chi connectivity index (χ0n) is 45.6. The van der Waals surface area contributed by atoms with E-state index in [0.29, 0.717) is 66.1 Å². The summed E-state index contributed by atoms with van der Waals surface area (Å²) in [5.41, 5.74) is 9.37. The molecule has 79 heavy (non-hydrogen) atoms. The lowest BCUT2D eigenvalue weighted by Crippen LogP contribution is -2.44. The molecule has 2 aliphatic rings. The van der Waals surface area contributed by atoms with Gasteiger partial charge in [0.05, 0.1) is 48.3 Å². The predicted octanol–water partition coefficient (Wildman–Crippen LogP) is 9.61. The lowest BCUT2D eigenvalue weighted by Gasteiger charge is -2.34. The Morgan fingerprint density at radius 2 is 1.33 bits per heavy atom. The highest BCUT2D eigenvalue weighted by Crippen LogP contribution is 2.40. The number of pyridine rings is 2. The maximum atomic E-state index is 14.2. The third kappa shape index (κ3) is 11.1. The summed E-state index contributed by atoms with van der Waals surface area (Å²) in [7, 11) is 1.60. The molecule has 17 nitrogen and oxygen atoms in total. The molecule has 6 aromatic heterocycles. The first-order valence-electron chi connectivity index (χ1n) is 27.2. The van der Waals surface area contributed by atoms with Crippen molar-refractivity contribution in [1.29, 1.82) is 0 Å². The lowest BCUT2D eigenvalue weighted by atomic mass is 10.0. The number of nitrogens with zero attached hydrogens (tertiary/aromatic N) is 10. The van der Waals surface area contributed by atoms with E-state index < -0.39 is 6.04 Å². The van der Waals surface area contributed by atoms with Crippen LogP contribution in [0.5, 0.6) is 0 Å². The van der Waals surface area contributed by atoms with Crippen LogP contribution < -0.4 is 15.2 Å². The Kier molecular flexibility index (Phi) is 16.1. The fourth-order valence-electron chi connectivity index (χ4n) is 11.2. The van der Waals surface area contributed by atoms with Crippen LogP contribution in [0.1, 0.15) is 132 Å². The summed E-state index contributed by atoms with van der Waals surface area (Å²) >= 11 is 0. The van der Waals surface area contributed by atoms with Gasteiger partial charge in [-0.25, -0.2) is 19.9 Å². The van der Waals surface area contributed by atoms with Crippen molar-refractivity contribution in [2.24, 2.45) is 0 Å². The van der Waals surface area contributed by atoms with Crippen molar-refractivity contribution in [3.8, 4) is 34.4 Å². The maximum absolute atomic E-state index is 14.2. The molecule has 0 aliphatic carbocycles. The first-order chi connectivity index (χ1) is 38.5. The van der Waals surface area contributed by atoms with Crippen LogP contribution in [0, 0.1) is 25.7 Å². The summed E-state index contributed by atoms with van der Waals surface area (Å²) in [6.07, 6.45) is 21.2. The quantitative estimate of drug-likeness (QED) is 0.0537. The Morgan fingerprint density at radius 1 is 0.734 bits per heavy atom. The predicted molar refractivity (Wildman–Crippen MR) is 302 cm³/mol. The van der Waals surface area contributed by atoms with E-state index in [1.54, 1.807) is 69.0 Å². The first kappa shape index (κ1) is 53.5. The van der Waals surface area contributed by atoms with Crippen molar-refractivity contribution in [3.63, 3.8) is 0 Å². The van der Waals surface area contributed by atoms with Gasteiger partial charge >= 0.3 is 0 Å². The van der Waals surface area contributed by atoms with Gasteiger partial charge in [0, 0.05) is 80.1 Å². The lowest BCUT2D eigenvalue weighted by molar-refractivity contribution is -0.724. The smallest absolute Gasteiger partial charge is 0.299 e. The van der Waals surface area contributed by atoms with Crippen LogP contribution in [-0.2, 0) is 27.2 Å². The summed E-state index contributed by atoms with van der Waals surface area (Å²) < 4.78 is 11.6. The SMILES string of the molecule is CC#CC(=O)N1CC([n+]2ccn3c(C4CCCCN4C(=O)C=CCOC)nc(-c4ccc(C(=O)Nc5cc(CCC)ccn5)cc4)c3c2C)CC1c1nc(-c2ccc(C(=O)Nc3cc(CCC)ccn3)cc2)c2c(C)nccn12. The molecular formula is C62H65N12O5+. The van der Waals surface area contributed by atoms with Crippen molar-refractivity contribution < 1.29 is 28.5 Å². The number of nitrogens with one attached hydrogen (secondary N) is 2. The fraction of sp³-hybridized carbons (Fsp3) is 0.323. The molecule has 2 N–H and O–H groups in total. The highest BCUT2D eigenvalue weighted by atomic mass is 16.5. The van der Waals surface area contributed by atoms with Gasteiger partial charge in [-0.3, -0.25) is 33.0 Å². The van der Waals surface area contributed by atoms with Crippen molar-refractivity contribution in [2.45, 2.75) is 104 Å². The molecular weight excluding hydrogens is 993 g/mol. The van der Waals surface area contributed by atoms with Crippen LogP contribution in [0.15, 0.2) is 122 Å². The third-order valence-corrected chi connectivity index (χ3v) is 14.9. The van der Waals surface area contributed by atoms with Crippen LogP contribution in [-0.4, -0.2) is 94.0 Å². The monoisotopic (exact) mass is 1060 g/mol. The molecule has 2 aliphatic heterocycles. The van der Waals surface area contributed by atoms with Crippen LogP contribution >= 0.6 is 0 Å². The molecule has 2 fully saturated rings. The van der Waals surface area contributed by atoms with E-state index in [1.807, 2.05) is 88.2 Å². The Labute approximate surface area is 459 Å². The molecule has 2 aromatic carbocycles. The van der Waals surface area contributed by atoms with Gasteiger partial charge < -0.3 is 25.2 Å². The van der Waals surface area contributed by atoms with Crippen LogP contribution in [0.2, 0.25) is 0 Å². The molecule has 0 bridgehead atoms. The van der Waals surface area contributed by atoms with Crippen molar-refractivity contribution >= 4 is 46.3 Å². The number of fused-ring (bicyclic) bond motifs is 2. The number of hydrogen-bond acceptors (Lipinski definition) is 10. The van der Waals surface area contributed by atoms with Gasteiger partial charge in [0.15, 0.2) is 12.2 Å². The Balaban J connectivity index is 1.01. The molecule has 2 saturated heterocycles. The summed E-state index contributed by atoms with van der Waals surface area (Å²) in [5, 5.41) is 5.90. The Morgan fingerprint density at radius 3 is 1.92 bits per heavy atom. The molecule has 402 valence electrons. The van der Waals surface area contributed by atoms with Gasteiger partial charge in [0.25, 0.3) is 17.7 Å². The van der Waals surface area contributed by atoms with Crippen molar-refractivity contribution in [3.05, 3.63) is 167 Å². The number of hydrogen-bond donors (Lipinski definition) is 2. The van der Waals surface area contributed by atoms with Crippen LogP contribution in [0.4, 0.5) is 11.6 Å². The molecule has 8 heterocycles. The molecule has 3 unspecified atom stereocenters. The van der Waals surface area contributed by atoms with Crippen molar-refractivity contribution in [2.75, 3.05) is 37.4 Å². The molecule has 17 heteroatoms. The molecule has 0 saturated carbocycles. The number of aryl methyl sites for hydroxylation is 4. The zero-order chi connectivity index (χ0) is 55.2. The molecule has 0 spiro atoms. The number of ether oxygens (including phenoxy) is 1. The van der Waals surface area contributed by atoms with Gasteiger partial charge in [-0.05, 0) is 112 Å². The van der Waals surface area contributed by atoms with Gasteiger partial charge in [-0.1, -0.05) is 63.0 Å². The standard InChI is InChI=1S/C62H64N12O5/c1-7-13-42-26-28-64-51(36-42)66-61(77)46-22-18-44(19-23-46)55-57-40(4)63-30-32-72(57)60(68-55)50-38-48(39-74(50)53(75)15-9-3)70-33-34-73-58(41(70)5)56(69-59(73)49-16-10-11-31-71(49)54(76)17-12-35-79-6)45-20-24-47(25-21-45)62(78)67-52-37-43(14-8-2)27-29-65-52/h12,17-30,32-34,36-37,48-50H,7-8,10-11,13-14,16,31,35,38-39H2,1-6H3,(H-,64,65,66,67,77,78)/p+1. The molecule has 4 amide bonds. The maximum Gasteiger partial charge on any atom is 0.299 e. The summed E-state index contributed by atoms with van der Waals surface area (Å²) in [6.45, 7) is 11.1. The largest absolute Gasteiger partial charge is 0.381 e. The van der Waals surface area contributed by atoms with E-state index in [0.717, 1.165) is 95.4 Å². The Hall–Kier alpha value is -8.88. The zero-order valence-corrected chi connectivity index (χ0v) is 45.6. The van der Waals surface area contributed by atoms with E-state index in [2.05, 4.69) is 67.2 Å². The molecule has 10 rings (SSSR count). The molecule has 3 atom stereocenters. The number of piperidine rings is 1. The van der Waals surface area contributed by atoms with E-state index in [1.165, 1.54) is 0 Å². The summed E-state index contributed by atoms with van der Waals surface area (Å²) in [6, 6.07) is 21.4. The second kappa shape index (κ2) is 23.8. The second-order valence-electron chi connectivity index (χ2n) is 20.2. The molecule has 0 radical (unpaired) electrons. The Bertz CT molecular complexity index is 3680. The molecule has 8 aromatic rings. The fourth-order valence-corrected chi connectivity index (χ4v) is 11.2. The number of imidazole rings is 2. The van der Waals surface area contributed by atoms with Gasteiger partial charge in [-0.2, -0.15) is 4.57 Å². The van der Waals surface area contributed by atoms with E-state index >= 15 is 0 Å². The van der Waals surface area contributed by atoms with Crippen LogP contribution in [0.25, 0.3) is 33.5 Å². The van der Waals surface area contributed by atoms with Gasteiger partial charge in [0.2, 0.25) is 11.6 Å². The van der Waals surface area contributed by atoms with E-state index in [9.17, 15) is 19.2 Å². The number of amides is 4. The number of methoxy groups -OCH3 is 1. The average Bonchev–Trinajstić information content (AvgIpc) is 4.39. The van der Waals surface area contributed by atoms with Gasteiger partial charge in [0.1, 0.15) is 34.5 Å². The van der Waals surface area contributed by atoms with Gasteiger partial charge in [-0.15, -0.1) is 0 Å². The average molecular weight is 1060 g/mol. The summed E-state index contributed by atoms with van der Waals surface area (Å²) in [4.78, 5) is 83.1. The number of anilines is 2. The highest BCUT2D eigenvalue weighted by Gasteiger charge is 2.44. The minimum absolute atomic E-state index is 0.104. The van der Waals surface area contributed by atoms with E-state index in [-0.39, 0.29) is 35.7 Å². The minimum atomic E-state index is -0.499. The second-order valence-corrected chi connectivity index (χ2v) is 20.2. The summed E-state index contributed by atoms with van der Waals surface area (Å²) in [5.74, 6) is 7.08. The highest BCUT2D eigenvalue weighted by molar-refractivity contribution is 6.05. The number of carbonyl (C=O) groups excluding carboxylic acids is 4. The minimum Gasteiger partial charge on any atom is -0.381 e. The number of likely N-dealkylation sites (tertiary alicyclic amines) is 2. The normalized spacial score (nSPS) is 16.4. The first-order valence-corrected chi connectivity index (χ1v) is 27.2. The van der Waals surface area contributed by atoms with E-state index in [4.69, 9.17) is 14.7 Å².